The van der Waals surface area contributed by atoms with Crippen molar-refractivity contribution in [1.82, 2.24) is 5.16 Å². The second-order valence-electron chi connectivity index (χ2n) is 4.37. The van der Waals surface area contributed by atoms with Crippen LogP contribution in [-0.4, -0.2) is 5.16 Å². The van der Waals surface area contributed by atoms with Crippen LogP contribution >= 0.6 is 15.9 Å². The van der Waals surface area contributed by atoms with Gasteiger partial charge in [-0.05, 0) is 29.8 Å². The van der Waals surface area contributed by atoms with Gasteiger partial charge in [-0.15, -0.1) is 0 Å². The smallest absolute Gasteiger partial charge is 0.167 e. The Kier molecular flexibility index (Phi) is 3.65. The topological polar surface area (TPSA) is 26.0 Å². The molecule has 0 amide bonds. The lowest BCUT2D eigenvalue weighted by Crippen LogP contribution is -1.84. The second kappa shape index (κ2) is 5.59. The van der Waals surface area contributed by atoms with Gasteiger partial charge >= 0.3 is 0 Å². The van der Waals surface area contributed by atoms with E-state index in [0.717, 1.165) is 27.7 Å². The number of rotatable bonds is 3. The molecule has 0 aliphatic carbocycles. The molecule has 0 radical (unpaired) electrons. The number of nitrogens with zero attached hydrogens (tertiary/aromatic N) is 1. The lowest BCUT2D eigenvalue weighted by atomic mass is 10.0. The Morgan fingerprint density at radius 3 is 2.55 bits per heavy atom. The second-order valence-corrected chi connectivity index (χ2v) is 4.93. The summed E-state index contributed by atoms with van der Waals surface area (Å²) in [6.45, 7) is 0. The van der Waals surface area contributed by atoms with Gasteiger partial charge in [0.15, 0.2) is 5.76 Å². The molecule has 0 saturated carbocycles. The summed E-state index contributed by atoms with van der Waals surface area (Å²) >= 11 is 3.47. The van der Waals surface area contributed by atoms with Gasteiger partial charge in [-0.1, -0.05) is 45.4 Å². The number of alkyl halides is 1. The molecule has 0 aliphatic rings. The van der Waals surface area contributed by atoms with Crippen LogP contribution in [0.1, 0.15) is 5.56 Å². The highest BCUT2D eigenvalue weighted by atomic mass is 79.9. The fourth-order valence-electron chi connectivity index (χ4n) is 2.04. The summed E-state index contributed by atoms with van der Waals surface area (Å²) in [7, 11) is 0. The number of hydrogen-bond acceptors (Lipinski definition) is 2. The zero-order chi connectivity index (χ0) is 13.9. The fraction of sp³-hybridized carbons (Fsp3) is 0.0625. The summed E-state index contributed by atoms with van der Waals surface area (Å²) < 4.78 is 18.3. The van der Waals surface area contributed by atoms with Crippen molar-refractivity contribution < 1.29 is 8.91 Å². The quantitative estimate of drug-likeness (QED) is 0.628. The van der Waals surface area contributed by atoms with E-state index in [-0.39, 0.29) is 5.82 Å². The predicted molar refractivity (Wildman–Crippen MR) is 80.0 cm³/mol. The van der Waals surface area contributed by atoms with E-state index in [0.29, 0.717) is 5.76 Å². The highest BCUT2D eigenvalue weighted by Gasteiger charge is 2.11. The third-order valence-electron chi connectivity index (χ3n) is 3.08. The van der Waals surface area contributed by atoms with E-state index < -0.39 is 0 Å². The Bertz CT molecular complexity index is 721. The molecule has 0 fully saturated rings. The van der Waals surface area contributed by atoms with Gasteiger partial charge in [-0.2, -0.15) is 0 Å². The van der Waals surface area contributed by atoms with E-state index >= 15 is 0 Å². The minimum atomic E-state index is -0.266. The lowest BCUT2D eigenvalue weighted by Gasteiger charge is -2.01. The Morgan fingerprint density at radius 1 is 1.05 bits per heavy atom. The molecule has 2 aromatic carbocycles. The first kappa shape index (κ1) is 13.1. The summed E-state index contributed by atoms with van der Waals surface area (Å²) in [6.07, 6.45) is 0. The molecular formula is C16H11BrFNO. The monoisotopic (exact) mass is 331 g/mol. The summed E-state index contributed by atoms with van der Waals surface area (Å²) in [6, 6.07) is 16.0. The summed E-state index contributed by atoms with van der Waals surface area (Å²) in [5.41, 5.74) is 3.76. The van der Waals surface area contributed by atoms with Crippen molar-refractivity contribution in [1.29, 1.82) is 0 Å². The molecule has 0 bridgehead atoms. The van der Waals surface area contributed by atoms with Gasteiger partial charge < -0.3 is 4.52 Å². The minimum absolute atomic E-state index is 0.266. The first-order valence-corrected chi connectivity index (χ1v) is 7.27. The van der Waals surface area contributed by atoms with E-state index in [9.17, 15) is 4.39 Å². The molecule has 3 aromatic rings. The van der Waals surface area contributed by atoms with Crippen LogP contribution in [0.25, 0.3) is 22.6 Å². The van der Waals surface area contributed by atoms with Gasteiger partial charge in [0.25, 0.3) is 0 Å². The van der Waals surface area contributed by atoms with Crippen LogP contribution in [0, 0.1) is 5.82 Å². The van der Waals surface area contributed by atoms with Crippen molar-refractivity contribution in [2.45, 2.75) is 5.33 Å². The maximum Gasteiger partial charge on any atom is 0.167 e. The van der Waals surface area contributed by atoms with Gasteiger partial charge in [0.2, 0.25) is 0 Å². The zero-order valence-corrected chi connectivity index (χ0v) is 12.1. The Balaban J connectivity index is 2.00. The summed E-state index contributed by atoms with van der Waals surface area (Å²) in [4.78, 5) is 0. The molecule has 1 aromatic heterocycles. The van der Waals surface area contributed by atoms with Crippen molar-refractivity contribution in [2.24, 2.45) is 0 Å². The van der Waals surface area contributed by atoms with Crippen LogP contribution in [0.4, 0.5) is 4.39 Å². The van der Waals surface area contributed by atoms with Crippen molar-refractivity contribution in [2.75, 3.05) is 0 Å². The van der Waals surface area contributed by atoms with Crippen LogP contribution < -0.4 is 0 Å². The van der Waals surface area contributed by atoms with Gasteiger partial charge in [0.05, 0.1) is 0 Å². The molecule has 20 heavy (non-hydrogen) atoms. The van der Waals surface area contributed by atoms with Gasteiger partial charge in [0, 0.05) is 22.5 Å². The fourth-order valence-corrected chi connectivity index (χ4v) is 2.53. The normalized spacial score (nSPS) is 10.7. The van der Waals surface area contributed by atoms with Crippen LogP contribution in [0.5, 0.6) is 0 Å². The third-order valence-corrected chi connectivity index (χ3v) is 3.68. The van der Waals surface area contributed by atoms with E-state index in [2.05, 4.69) is 21.1 Å². The van der Waals surface area contributed by atoms with Gasteiger partial charge in [-0.25, -0.2) is 4.39 Å². The lowest BCUT2D eigenvalue weighted by molar-refractivity contribution is 0.435. The standard InChI is InChI=1S/C16H11BrFNO/c17-10-12-3-1-2-4-14(12)15-9-16(20-19-15)11-5-7-13(18)8-6-11/h1-9H,10H2. The highest BCUT2D eigenvalue weighted by molar-refractivity contribution is 9.08. The molecule has 0 saturated heterocycles. The number of halogens is 2. The zero-order valence-electron chi connectivity index (χ0n) is 10.5. The number of hydrogen-bond donors (Lipinski definition) is 0. The average molecular weight is 332 g/mol. The van der Waals surface area contributed by atoms with Crippen LogP contribution in [0.3, 0.4) is 0 Å². The minimum Gasteiger partial charge on any atom is -0.356 e. The molecule has 0 unspecified atom stereocenters. The molecule has 0 N–H and O–H groups in total. The molecule has 0 atom stereocenters. The molecule has 0 spiro atoms. The maximum atomic E-state index is 12.9. The molecule has 2 nitrogen and oxygen atoms in total. The third kappa shape index (κ3) is 2.51. The Hall–Kier alpha value is -1.94. The Morgan fingerprint density at radius 2 is 1.80 bits per heavy atom. The van der Waals surface area contributed by atoms with E-state index in [1.807, 2.05) is 30.3 Å². The summed E-state index contributed by atoms with van der Waals surface area (Å²) in [5, 5.41) is 4.86. The van der Waals surface area contributed by atoms with E-state index in [1.165, 1.54) is 12.1 Å². The molecule has 100 valence electrons. The summed E-state index contributed by atoms with van der Waals surface area (Å²) in [5.74, 6) is 0.363. The molecular weight excluding hydrogens is 321 g/mol. The van der Waals surface area contributed by atoms with E-state index in [4.69, 9.17) is 4.52 Å². The molecule has 4 heteroatoms. The van der Waals surface area contributed by atoms with Crippen LogP contribution in [0.15, 0.2) is 59.1 Å². The average Bonchev–Trinajstić information content (AvgIpc) is 2.97. The molecule has 0 aliphatic heterocycles. The van der Waals surface area contributed by atoms with Crippen molar-refractivity contribution in [3.63, 3.8) is 0 Å². The maximum absolute atomic E-state index is 12.9. The van der Waals surface area contributed by atoms with Gasteiger partial charge in [-0.3, -0.25) is 0 Å². The predicted octanol–water partition coefficient (Wildman–Crippen LogP) is 5.04. The van der Waals surface area contributed by atoms with Crippen LogP contribution in [0.2, 0.25) is 0 Å². The first-order valence-electron chi connectivity index (χ1n) is 6.15. The van der Waals surface area contributed by atoms with Crippen LogP contribution in [-0.2, 0) is 5.33 Å². The molecule has 1 heterocycles. The largest absolute Gasteiger partial charge is 0.356 e. The van der Waals surface area contributed by atoms with Gasteiger partial charge in [0.1, 0.15) is 11.5 Å². The number of aromatic nitrogens is 1. The highest BCUT2D eigenvalue weighted by Crippen LogP contribution is 2.29. The Labute approximate surface area is 124 Å². The first-order chi connectivity index (χ1) is 9.78. The van der Waals surface area contributed by atoms with E-state index in [1.54, 1.807) is 12.1 Å². The molecule has 3 rings (SSSR count). The van der Waals surface area contributed by atoms with Crippen molar-refractivity contribution in [3.8, 4) is 22.6 Å². The van der Waals surface area contributed by atoms with Crippen molar-refractivity contribution >= 4 is 15.9 Å². The number of benzene rings is 2. The van der Waals surface area contributed by atoms with Crippen molar-refractivity contribution in [3.05, 3.63) is 66.0 Å². The SMILES string of the molecule is Fc1ccc(-c2cc(-c3ccccc3CBr)no2)cc1.